The van der Waals surface area contributed by atoms with Crippen LogP contribution in [-0.2, 0) is 19.4 Å². The van der Waals surface area contributed by atoms with Crippen molar-refractivity contribution in [2.24, 2.45) is 0 Å². The van der Waals surface area contributed by atoms with Crippen molar-refractivity contribution in [2.45, 2.75) is 50.4 Å². The Morgan fingerprint density at radius 3 is 1.96 bits per heavy atom. The van der Waals surface area contributed by atoms with Gasteiger partial charge in [-0.15, -0.1) is 0 Å². The molecule has 2 aromatic carbocycles. The number of benzene rings is 2. The second kappa shape index (κ2) is 6.67. The van der Waals surface area contributed by atoms with Crippen molar-refractivity contribution in [1.82, 2.24) is 0 Å². The molecule has 0 amide bonds. The molecular formula is C22H28O3Si. The first kappa shape index (κ1) is 18.9. The lowest BCUT2D eigenvalue weighted by Gasteiger charge is -2.49. The van der Waals surface area contributed by atoms with Crippen molar-refractivity contribution < 1.29 is 14.0 Å². The highest BCUT2D eigenvalue weighted by molar-refractivity contribution is 6.74. The van der Waals surface area contributed by atoms with E-state index in [0.29, 0.717) is 6.61 Å². The van der Waals surface area contributed by atoms with Crippen molar-refractivity contribution in [3.05, 3.63) is 71.8 Å². The first-order valence-electron chi connectivity index (χ1n) is 9.14. The molecule has 3 rings (SSSR count). The van der Waals surface area contributed by atoms with Gasteiger partial charge in [0.25, 0.3) is 0 Å². The van der Waals surface area contributed by atoms with Crippen molar-refractivity contribution in [1.29, 1.82) is 0 Å². The Labute approximate surface area is 157 Å². The largest absolute Gasteiger partial charge is 0.463 e. The van der Waals surface area contributed by atoms with E-state index < -0.39 is 13.7 Å². The molecule has 1 aliphatic heterocycles. The summed E-state index contributed by atoms with van der Waals surface area (Å²) < 4.78 is 12.2. The van der Waals surface area contributed by atoms with Crippen molar-refractivity contribution in [3.63, 3.8) is 0 Å². The van der Waals surface area contributed by atoms with Gasteiger partial charge in [-0.05, 0) is 29.3 Å². The Kier molecular flexibility index (Phi) is 4.84. The summed E-state index contributed by atoms with van der Waals surface area (Å²) in [4.78, 5) is 12.8. The molecule has 2 atom stereocenters. The average molecular weight is 369 g/mol. The maximum Gasteiger partial charge on any atom is 0.323 e. The number of esters is 1. The number of hydrogen-bond acceptors (Lipinski definition) is 3. The second-order valence-corrected chi connectivity index (χ2v) is 13.3. The Morgan fingerprint density at radius 2 is 1.54 bits per heavy atom. The van der Waals surface area contributed by atoms with Gasteiger partial charge in [0.05, 0.1) is 6.10 Å². The molecule has 1 aliphatic rings. The molecule has 1 heterocycles. The van der Waals surface area contributed by atoms with E-state index in [2.05, 4.69) is 33.9 Å². The topological polar surface area (TPSA) is 35.5 Å². The molecule has 3 nitrogen and oxygen atoms in total. The summed E-state index contributed by atoms with van der Waals surface area (Å²) in [6.45, 7) is 11.5. The summed E-state index contributed by atoms with van der Waals surface area (Å²) in [5, 5.41) is 0.0472. The number of ether oxygens (including phenoxy) is 1. The Morgan fingerprint density at radius 1 is 1.00 bits per heavy atom. The van der Waals surface area contributed by atoms with Gasteiger partial charge in [0.1, 0.15) is 6.61 Å². The van der Waals surface area contributed by atoms with E-state index in [1.54, 1.807) is 0 Å². The van der Waals surface area contributed by atoms with Crippen LogP contribution in [0, 0.1) is 0 Å². The number of carbonyl (C=O) groups excluding carboxylic acids is 1. The monoisotopic (exact) mass is 368 g/mol. The number of rotatable bonds is 5. The zero-order chi connectivity index (χ0) is 19.0. The zero-order valence-corrected chi connectivity index (χ0v) is 17.3. The van der Waals surface area contributed by atoms with Crippen molar-refractivity contribution in [2.75, 3.05) is 6.61 Å². The molecule has 0 radical (unpaired) electrons. The highest BCUT2D eigenvalue weighted by Gasteiger charge is 2.59. The summed E-state index contributed by atoms with van der Waals surface area (Å²) in [5.74, 6) is -0.198. The fourth-order valence-corrected chi connectivity index (χ4v) is 4.39. The van der Waals surface area contributed by atoms with Crippen LogP contribution in [-0.4, -0.2) is 20.9 Å². The van der Waals surface area contributed by atoms with Gasteiger partial charge in [0.2, 0.25) is 0 Å². The van der Waals surface area contributed by atoms with Gasteiger partial charge in [-0.3, -0.25) is 4.79 Å². The molecule has 0 unspecified atom stereocenters. The van der Waals surface area contributed by atoms with E-state index in [-0.39, 0.29) is 17.1 Å². The lowest BCUT2D eigenvalue weighted by molar-refractivity contribution is -0.183. The fourth-order valence-electron chi connectivity index (χ4n) is 3.11. The van der Waals surface area contributed by atoms with E-state index in [0.717, 1.165) is 11.1 Å². The molecule has 2 aromatic rings. The smallest absolute Gasteiger partial charge is 0.323 e. The molecule has 0 aliphatic carbocycles. The van der Waals surface area contributed by atoms with Crippen molar-refractivity contribution in [3.8, 4) is 0 Å². The third-order valence-electron chi connectivity index (χ3n) is 5.85. The van der Waals surface area contributed by atoms with Gasteiger partial charge >= 0.3 is 5.97 Å². The Bertz CT molecular complexity index is 765. The van der Waals surface area contributed by atoms with Gasteiger partial charge < -0.3 is 9.16 Å². The standard InChI is InChI=1S/C22H28O3Si/c1-21(2,3)26(4,5)25-19(17-12-8-6-9-13-17)22(16-24-20(22)23)18-14-10-7-11-15-18/h6-15,19H,16H2,1-5H3/t19-,22+/m1/s1. The molecule has 4 heteroatoms. The first-order valence-corrected chi connectivity index (χ1v) is 12.0. The van der Waals surface area contributed by atoms with Crippen LogP contribution in [0.25, 0.3) is 0 Å². The summed E-state index contributed by atoms with van der Waals surface area (Å²) in [6.07, 6.45) is -0.353. The Balaban J connectivity index is 2.12. The van der Waals surface area contributed by atoms with Crippen molar-refractivity contribution >= 4 is 14.3 Å². The molecule has 1 fully saturated rings. The highest BCUT2D eigenvalue weighted by atomic mass is 28.4. The van der Waals surface area contributed by atoms with Crippen LogP contribution >= 0.6 is 0 Å². The minimum atomic E-state index is -2.11. The minimum absolute atomic E-state index is 0.0472. The van der Waals surface area contributed by atoms with Gasteiger partial charge in [-0.25, -0.2) is 0 Å². The number of cyclic esters (lactones) is 1. The molecule has 0 aromatic heterocycles. The molecule has 26 heavy (non-hydrogen) atoms. The minimum Gasteiger partial charge on any atom is -0.463 e. The third-order valence-corrected chi connectivity index (χ3v) is 10.3. The normalized spacial score (nSPS) is 21.7. The van der Waals surface area contributed by atoms with Crippen LogP contribution < -0.4 is 0 Å². The van der Waals surface area contributed by atoms with E-state index in [1.807, 2.05) is 60.7 Å². The Hall–Kier alpha value is -1.91. The highest BCUT2D eigenvalue weighted by Crippen LogP contribution is 2.50. The molecule has 0 saturated carbocycles. The lowest BCUT2D eigenvalue weighted by Crippen LogP contribution is -2.59. The van der Waals surface area contributed by atoms with Crippen LogP contribution in [0.4, 0.5) is 0 Å². The third kappa shape index (κ3) is 3.12. The van der Waals surface area contributed by atoms with E-state index >= 15 is 0 Å². The van der Waals surface area contributed by atoms with E-state index in [1.165, 1.54) is 0 Å². The maximum absolute atomic E-state index is 12.8. The van der Waals surface area contributed by atoms with Crippen LogP contribution in [0.1, 0.15) is 38.0 Å². The van der Waals surface area contributed by atoms with Crippen LogP contribution in [0.2, 0.25) is 18.1 Å². The molecule has 138 valence electrons. The van der Waals surface area contributed by atoms with Crippen LogP contribution in [0.15, 0.2) is 60.7 Å². The average Bonchev–Trinajstić information content (AvgIpc) is 2.60. The number of carbonyl (C=O) groups is 1. The summed E-state index contributed by atoms with van der Waals surface area (Å²) in [7, 11) is -2.11. The SMILES string of the molecule is CC(C)(C)[Si](C)(C)O[C@H](c1ccccc1)[C@@]1(c2ccccc2)COC1=O. The van der Waals surface area contributed by atoms with E-state index in [9.17, 15) is 4.79 Å². The summed E-state index contributed by atoms with van der Waals surface area (Å²) >= 11 is 0. The van der Waals surface area contributed by atoms with Gasteiger partial charge in [0.15, 0.2) is 13.7 Å². The van der Waals surface area contributed by atoms with Gasteiger partial charge in [-0.2, -0.15) is 0 Å². The molecule has 1 saturated heterocycles. The number of hydrogen-bond donors (Lipinski definition) is 0. The van der Waals surface area contributed by atoms with Crippen LogP contribution in [0.5, 0.6) is 0 Å². The molecule has 0 bridgehead atoms. The zero-order valence-electron chi connectivity index (χ0n) is 16.3. The lowest BCUT2D eigenvalue weighted by atomic mass is 9.71. The second-order valence-electron chi connectivity index (χ2n) is 8.58. The maximum atomic E-state index is 12.8. The van der Waals surface area contributed by atoms with Crippen LogP contribution in [0.3, 0.4) is 0 Å². The van der Waals surface area contributed by atoms with Gasteiger partial charge in [0, 0.05) is 0 Å². The fraction of sp³-hybridized carbons (Fsp3) is 0.409. The quantitative estimate of drug-likeness (QED) is 0.534. The summed E-state index contributed by atoms with van der Waals surface area (Å²) in [5.41, 5.74) is 1.21. The van der Waals surface area contributed by atoms with Gasteiger partial charge in [-0.1, -0.05) is 81.4 Å². The predicted octanol–water partition coefficient (Wildman–Crippen LogP) is 5.24. The molecule has 0 spiro atoms. The molecular weight excluding hydrogens is 340 g/mol. The summed E-state index contributed by atoms with van der Waals surface area (Å²) in [6, 6.07) is 20.0. The van der Waals surface area contributed by atoms with E-state index in [4.69, 9.17) is 9.16 Å². The molecule has 0 N–H and O–H groups in total. The first-order chi connectivity index (χ1) is 12.2. The predicted molar refractivity (Wildman–Crippen MR) is 107 cm³/mol.